The number of hydrogen-bond acceptors (Lipinski definition) is 3. The number of piperidine rings is 1. The van der Waals surface area contributed by atoms with Gasteiger partial charge in [0.2, 0.25) is 0 Å². The summed E-state index contributed by atoms with van der Waals surface area (Å²) >= 11 is 0. The summed E-state index contributed by atoms with van der Waals surface area (Å²) in [4.78, 5) is 11.6. The molecule has 0 saturated carbocycles. The summed E-state index contributed by atoms with van der Waals surface area (Å²) in [5.74, 6) is 0. The zero-order chi connectivity index (χ0) is 12.5. The summed E-state index contributed by atoms with van der Waals surface area (Å²) in [5, 5.41) is 3.53. The summed E-state index contributed by atoms with van der Waals surface area (Å²) in [6, 6.07) is 2.18. The van der Waals surface area contributed by atoms with E-state index >= 15 is 0 Å². The predicted octanol–water partition coefficient (Wildman–Crippen LogP) is 2.17. The second-order valence-corrected chi connectivity index (χ2v) is 6.17. The van der Waals surface area contributed by atoms with Crippen molar-refractivity contribution in [2.24, 2.45) is 5.41 Å². The van der Waals surface area contributed by atoms with E-state index in [1.54, 1.807) is 0 Å². The molecule has 1 aromatic rings. The van der Waals surface area contributed by atoms with E-state index in [1.807, 2.05) is 0 Å². The molecule has 2 atom stereocenters. The van der Waals surface area contributed by atoms with Gasteiger partial charge in [-0.25, -0.2) is 0 Å². The van der Waals surface area contributed by atoms with Crippen LogP contribution in [0, 0.1) is 5.41 Å². The zero-order valence-corrected chi connectivity index (χ0v) is 10.9. The molecule has 1 fully saturated rings. The highest BCUT2D eigenvalue weighted by Crippen LogP contribution is 2.28. The van der Waals surface area contributed by atoms with Gasteiger partial charge in [0.05, 0.1) is 6.04 Å². The third-order valence-corrected chi connectivity index (χ3v) is 3.26. The van der Waals surface area contributed by atoms with Crippen LogP contribution >= 0.6 is 0 Å². The maximum atomic E-state index is 11.6. The number of nitrogens with zero attached hydrogens (tertiary/aromatic N) is 1. The molecule has 2 rings (SSSR count). The highest BCUT2D eigenvalue weighted by atomic mass is 16.5. The third-order valence-electron chi connectivity index (χ3n) is 3.26. The van der Waals surface area contributed by atoms with Crippen molar-refractivity contribution in [3.8, 4) is 0 Å². The molecule has 0 aliphatic carbocycles. The Morgan fingerprint density at radius 3 is 2.88 bits per heavy atom. The first-order valence-corrected chi connectivity index (χ1v) is 6.35. The topological polar surface area (TPSA) is 47.2 Å². The molecule has 0 spiro atoms. The fraction of sp³-hybridized carbons (Fsp3) is 0.769. The van der Waals surface area contributed by atoms with Crippen LogP contribution in [0.4, 0.5) is 0 Å². The first-order chi connectivity index (χ1) is 7.96. The first-order valence-electron chi connectivity index (χ1n) is 6.35. The number of nitrogens with one attached hydrogen (secondary N) is 1. The Kier molecular flexibility index (Phi) is 3.43. The average Bonchev–Trinajstić information content (AvgIpc) is 2.62. The Labute approximate surface area is 102 Å². The largest absolute Gasteiger partial charge is 0.384 e. The minimum absolute atomic E-state index is 0.0218. The van der Waals surface area contributed by atoms with Gasteiger partial charge in [-0.15, -0.1) is 0 Å². The number of aromatic nitrogens is 1. The molecule has 0 amide bonds. The number of hydrogen-bond donors (Lipinski definition) is 1. The molecule has 0 aromatic carbocycles. The van der Waals surface area contributed by atoms with Crippen LogP contribution in [-0.4, -0.2) is 17.3 Å². The van der Waals surface area contributed by atoms with E-state index in [9.17, 15) is 4.79 Å². The highest BCUT2D eigenvalue weighted by molar-refractivity contribution is 4.87. The molecular formula is C13H22N2O2. The van der Waals surface area contributed by atoms with E-state index in [-0.39, 0.29) is 11.6 Å². The molecule has 96 valence electrons. The first kappa shape index (κ1) is 12.4. The molecule has 0 radical (unpaired) electrons. The summed E-state index contributed by atoms with van der Waals surface area (Å²) in [6.07, 6.45) is 4.54. The second kappa shape index (κ2) is 4.69. The van der Waals surface area contributed by atoms with Crippen molar-refractivity contribution in [3.05, 3.63) is 22.7 Å². The van der Waals surface area contributed by atoms with Gasteiger partial charge in [0.15, 0.2) is 0 Å². The molecular weight excluding hydrogens is 216 g/mol. The Hall–Kier alpha value is -1.03. The molecule has 17 heavy (non-hydrogen) atoms. The molecule has 0 bridgehead atoms. The Bertz CT molecular complexity index is 414. The minimum Gasteiger partial charge on any atom is -0.384 e. The van der Waals surface area contributed by atoms with Gasteiger partial charge < -0.3 is 9.84 Å². The molecule has 1 aromatic heterocycles. The quantitative estimate of drug-likeness (QED) is 0.859. The van der Waals surface area contributed by atoms with Crippen LogP contribution in [0.3, 0.4) is 0 Å². The predicted molar refractivity (Wildman–Crippen MR) is 67.1 cm³/mol. The monoisotopic (exact) mass is 238 g/mol. The molecule has 1 aliphatic rings. The van der Waals surface area contributed by atoms with Gasteiger partial charge in [-0.05, 0) is 31.2 Å². The zero-order valence-electron chi connectivity index (χ0n) is 10.9. The fourth-order valence-electron chi connectivity index (χ4n) is 2.64. The van der Waals surface area contributed by atoms with Crippen molar-refractivity contribution in [1.82, 2.24) is 10.1 Å². The van der Waals surface area contributed by atoms with Gasteiger partial charge in [0.25, 0.3) is 5.56 Å². The van der Waals surface area contributed by atoms with Crippen molar-refractivity contribution in [3.63, 3.8) is 0 Å². The van der Waals surface area contributed by atoms with Crippen molar-refractivity contribution in [1.29, 1.82) is 0 Å². The second-order valence-electron chi connectivity index (χ2n) is 6.17. The smallest absolute Gasteiger partial charge is 0.282 e. The Balaban J connectivity index is 2.03. The normalized spacial score (nSPS) is 26.1. The summed E-state index contributed by atoms with van der Waals surface area (Å²) in [6.45, 7) is 7.70. The molecule has 4 nitrogen and oxygen atoms in total. The lowest BCUT2D eigenvalue weighted by molar-refractivity contribution is 0.146. The lowest BCUT2D eigenvalue weighted by atomic mass is 9.84. The van der Waals surface area contributed by atoms with E-state index in [0.717, 1.165) is 25.8 Å². The van der Waals surface area contributed by atoms with Crippen LogP contribution in [0.25, 0.3) is 0 Å². The van der Waals surface area contributed by atoms with E-state index in [4.69, 9.17) is 4.52 Å². The van der Waals surface area contributed by atoms with Crippen LogP contribution in [0.15, 0.2) is 21.6 Å². The van der Waals surface area contributed by atoms with Crippen molar-refractivity contribution >= 4 is 0 Å². The highest BCUT2D eigenvalue weighted by Gasteiger charge is 2.27. The van der Waals surface area contributed by atoms with Crippen molar-refractivity contribution < 1.29 is 4.52 Å². The van der Waals surface area contributed by atoms with E-state index < -0.39 is 0 Å². The van der Waals surface area contributed by atoms with Gasteiger partial charge >= 0.3 is 0 Å². The van der Waals surface area contributed by atoms with Gasteiger partial charge in [-0.3, -0.25) is 4.79 Å². The maximum Gasteiger partial charge on any atom is 0.282 e. The molecule has 1 aliphatic heterocycles. The minimum atomic E-state index is -0.0218. The Morgan fingerprint density at radius 2 is 2.29 bits per heavy atom. The van der Waals surface area contributed by atoms with Gasteiger partial charge in [-0.2, -0.15) is 4.74 Å². The van der Waals surface area contributed by atoms with Crippen molar-refractivity contribution in [2.45, 2.75) is 52.1 Å². The fourth-order valence-corrected chi connectivity index (χ4v) is 2.64. The van der Waals surface area contributed by atoms with Gasteiger partial charge in [0.1, 0.15) is 6.26 Å². The van der Waals surface area contributed by atoms with E-state index in [2.05, 4.69) is 26.1 Å². The lowest BCUT2D eigenvalue weighted by Gasteiger charge is -2.33. The van der Waals surface area contributed by atoms with Crippen LogP contribution in [0.5, 0.6) is 0 Å². The van der Waals surface area contributed by atoms with E-state index in [0.29, 0.717) is 11.5 Å². The van der Waals surface area contributed by atoms with Crippen LogP contribution in [-0.2, 0) is 0 Å². The number of rotatable bonds is 2. The van der Waals surface area contributed by atoms with Crippen molar-refractivity contribution in [2.75, 3.05) is 6.54 Å². The van der Waals surface area contributed by atoms with Gasteiger partial charge in [-0.1, -0.05) is 20.8 Å². The summed E-state index contributed by atoms with van der Waals surface area (Å²) in [7, 11) is 0. The average molecular weight is 238 g/mol. The van der Waals surface area contributed by atoms with Crippen LogP contribution < -0.4 is 10.9 Å². The Morgan fingerprint density at radius 1 is 1.53 bits per heavy atom. The lowest BCUT2D eigenvalue weighted by Crippen LogP contribution is -2.42. The summed E-state index contributed by atoms with van der Waals surface area (Å²) in [5.41, 5.74) is 0.291. The SMILES string of the molecule is CC(C)(C)C[C@@H]1C[C@@H](n2occc2=O)CCN1. The van der Waals surface area contributed by atoms with Gasteiger partial charge in [0, 0.05) is 12.1 Å². The van der Waals surface area contributed by atoms with Crippen LogP contribution in [0.1, 0.15) is 46.1 Å². The van der Waals surface area contributed by atoms with E-state index in [1.165, 1.54) is 17.1 Å². The molecule has 0 unspecified atom stereocenters. The molecule has 4 heteroatoms. The maximum absolute atomic E-state index is 11.6. The van der Waals surface area contributed by atoms with Crippen LogP contribution in [0.2, 0.25) is 0 Å². The summed E-state index contributed by atoms with van der Waals surface area (Å²) < 4.78 is 6.78. The molecule has 2 heterocycles. The molecule has 1 saturated heterocycles. The standard InChI is InChI=1S/C13H22N2O2/c1-13(2,3)9-10-8-11(4-6-14-10)15-12(16)5-7-17-15/h5,7,10-11,14H,4,6,8-9H2,1-3H3/t10-,11-/m0/s1. The molecule has 1 N–H and O–H groups in total. The third kappa shape index (κ3) is 3.22.